The summed E-state index contributed by atoms with van der Waals surface area (Å²) in [4.78, 5) is 1.39. The fourth-order valence-corrected chi connectivity index (χ4v) is 3.76. The van der Waals surface area contributed by atoms with Crippen LogP contribution in [0.2, 0.25) is 5.02 Å². The number of nitrogens with one attached hydrogen (secondary N) is 1. The van der Waals surface area contributed by atoms with E-state index in [4.69, 9.17) is 28.9 Å². The second-order valence-electron chi connectivity index (χ2n) is 7.04. The standard InChI is InChI=1S/C20H20ClFN4S/c1-24-19(17-4-2-3-5-18(17)21)23-26(20(24)27)13-25(16-10-11-16)12-14-6-8-15(22)9-7-14/h2-9,16H,10-13H2,1H3/p+1. The normalized spacial score (nSPS) is 15.1. The van der Waals surface area contributed by atoms with Crippen molar-refractivity contribution in [1.29, 1.82) is 0 Å². The van der Waals surface area contributed by atoms with E-state index < -0.39 is 0 Å². The molecule has 0 bridgehead atoms. The van der Waals surface area contributed by atoms with Crippen LogP contribution in [-0.2, 0) is 20.3 Å². The molecule has 1 aliphatic rings. The molecule has 1 aliphatic carbocycles. The highest BCUT2D eigenvalue weighted by molar-refractivity contribution is 7.71. The minimum Gasteiger partial charge on any atom is -0.310 e. The molecule has 7 heteroatoms. The lowest BCUT2D eigenvalue weighted by Crippen LogP contribution is -3.11. The van der Waals surface area contributed by atoms with Crippen LogP contribution in [0.1, 0.15) is 18.4 Å². The van der Waals surface area contributed by atoms with Gasteiger partial charge in [0.1, 0.15) is 12.4 Å². The number of quaternary nitrogens is 1. The third kappa shape index (κ3) is 3.98. The molecule has 0 amide bonds. The van der Waals surface area contributed by atoms with Crippen molar-refractivity contribution in [3.05, 3.63) is 69.7 Å². The Morgan fingerprint density at radius 3 is 2.56 bits per heavy atom. The lowest BCUT2D eigenvalue weighted by atomic mass is 10.2. The maximum atomic E-state index is 13.2. The molecule has 1 saturated carbocycles. The Bertz CT molecular complexity index is 1010. The molecule has 0 aliphatic heterocycles. The quantitative estimate of drug-likeness (QED) is 0.636. The Morgan fingerprint density at radius 1 is 1.19 bits per heavy atom. The summed E-state index contributed by atoms with van der Waals surface area (Å²) in [6.45, 7) is 1.50. The van der Waals surface area contributed by atoms with E-state index in [9.17, 15) is 4.39 Å². The molecule has 27 heavy (non-hydrogen) atoms. The Hall–Kier alpha value is -2.02. The zero-order valence-corrected chi connectivity index (χ0v) is 16.6. The van der Waals surface area contributed by atoms with Crippen molar-refractivity contribution in [2.24, 2.45) is 7.05 Å². The summed E-state index contributed by atoms with van der Waals surface area (Å²) in [6, 6.07) is 15.0. The predicted molar refractivity (Wildman–Crippen MR) is 107 cm³/mol. The van der Waals surface area contributed by atoms with Gasteiger partial charge in [-0.2, -0.15) is 4.68 Å². The van der Waals surface area contributed by atoms with Crippen LogP contribution in [0.5, 0.6) is 0 Å². The molecule has 1 aromatic heterocycles. The summed E-state index contributed by atoms with van der Waals surface area (Å²) >= 11 is 12.0. The molecule has 1 unspecified atom stereocenters. The Morgan fingerprint density at radius 2 is 1.89 bits per heavy atom. The van der Waals surface area contributed by atoms with Crippen LogP contribution in [0.4, 0.5) is 4.39 Å². The number of aromatic nitrogens is 3. The van der Waals surface area contributed by atoms with Gasteiger partial charge in [0, 0.05) is 31.0 Å². The number of hydrogen-bond donors (Lipinski definition) is 1. The molecule has 4 nitrogen and oxygen atoms in total. The maximum Gasteiger partial charge on any atom is 0.202 e. The van der Waals surface area contributed by atoms with E-state index in [1.54, 1.807) is 0 Å². The minimum atomic E-state index is -0.206. The number of benzene rings is 2. The molecule has 0 saturated heterocycles. The molecule has 1 N–H and O–H groups in total. The highest BCUT2D eigenvalue weighted by Gasteiger charge is 2.34. The van der Waals surface area contributed by atoms with Gasteiger partial charge in [0.15, 0.2) is 12.5 Å². The first-order valence-electron chi connectivity index (χ1n) is 9.00. The minimum absolute atomic E-state index is 0.206. The summed E-state index contributed by atoms with van der Waals surface area (Å²) in [7, 11) is 1.92. The second-order valence-corrected chi connectivity index (χ2v) is 7.81. The van der Waals surface area contributed by atoms with Gasteiger partial charge in [0.25, 0.3) is 0 Å². The van der Waals surface area contributed by atoms with Gasteiger partial charge < -0.3 is 9.47 Å². The predicted octanol–water partition coefficient (Wildman–Crippen LogP) is 3.62. The van der Waals surface area contributed by atoms with Crippen LogP contribution in [0, 0.1) is 10.6 Å². The highest BCUT2D eigenvalue weighted by atomic mass is 35.5. The van der Waals surface area contributed by atoms with Crippen LogP contribution >= 0.6 is 23.8 Å². The maximum absolute atomic E-state index is 13.2. The van der Waals surface area contributed by atoms with Crippen molar-refractivity contribution in [3.8, 4) is 11.4 Å². The lowest BCUT2D eigenvalue weighted by molar-refractivity contribution is -0.947. The van der Waals surface area contributed by atoms with Crippen molar-refractivity contribution in [3.63, 3.8) is 0 Å². The topological polar surface area (TPSA) is 27.2 Å². The molecule has 2 aromatic carbocycles. The van der Waals surface area contributed by atoms with Gasteiger partial charge in [-0.3, -0.25) is 0 Å². The molecule has 0 spiro atoms. The van der Waals surface area contributed by atoms with Crippen LogP contribution in [0.25, 0.3) is 11.4 Å². The summed E-state index contributed by atoms with van der Waals surface area (Å²) in [5.74, 6) is 0.561. The first-order chi connectivity index (χ1) is 13.0. The molecule has 4 rings (SSSR count). The van der Waals surface area contributed by atoms with Crippen LogP contribution in [-0.4, -0.2) is 20.4 Å². The third-order valence-corrected chi connectivity index (χ3v) is 5.82. The van der Waals surface area contributed by atoms with E-state index in [-0.39, 0.29) is 5.82 Å². The Kier molecular flexibility index (Phi) is 5.12. The monoisotopic (exact) mass is 403 g/mol. The summed E-state index contributed by atoms with van der Waals surface area (Å²) in [5, 5.41) is 5.41. The average molecular weight is 404 g/mol. The number of rotatable bonds is 6. The molecule has 140 valence electrons. The van der Waals surface area contributed by atoms with E-state index in [0.717, 1.165) is 23.5 Å². The smallest absolute Gasteiger partial charge is 0.202 e. The number of hydrogen-bond acceptors (Lipinski definition) is 2. The zero-order valence-electron chi connectivity index (χ0n) is 15.0. The molecule has 3 aromatic rings. The summed E-state index contributed by atoms with van der Waals surface area (Å²) < 4.78 is 17.6. The van der Waals surface area contributed by atoms with Crippen molar-refractivity contribution in [2.75, 3.05) is 0 Å². The first-order valence-corrected chi connectivity index (χ1v) is 9.79. The van der Waals surface area contributed by atoms with Gasteiger partial charge in [-0.25, -0.2) is 4.39 Å². The third-order valence-electron chi connectivity index (χ3n) is 5.01. The van der Waals surface area contributed by atoms with Gasteiger partial charge in [-0.15, -0.1) is 5.10 Å². The van der Waals surface area contributed by atoms with E-state index in [2.05, 4.69) is 0 Å². The van der Waals surface area contributed by atoms with Crippen molar-refractivity contribution >= 4 is 23.8 Å². The highest BCUT2D eigenvalue weighted by Crippen LogP contribution is 2.26. The first kappa shape index (κ1) is 18.3. The van der Waals surface area contributed by atoms with Crippen LogP contribution in [0.3, 0.4) is 0 Å². The summed E-state index contributed by atoms with van der Waals surface area (Å²) in [5.41, 5.74) is 1.99. The van der Waals surface area contributed by atoms with Crippen molar-refractivity contribution < 1.29 is 9.29 Å². The molecular weight excluding hydrogens is 383 g/mol. The number of halogens is 2. The van der Waals surface area contributed by atoms with Crippen molar-refractivity contribution in [1.82, 2.24) is 14.3 Å². The van der Waals surface area contributed by atoms with E-state index >= 15 is 0 Å². The van der Waals surface area contributed by atoms with E-state index in [1.165, 1.54) is 29.9 Å². The molecule has 0 radical (unpaired) electrons. The van der Waals surface area contributed by atoms with Crippen molar-refractivity contribution in [2.45, 2.75) is 32.1 Å². The van der Waals surface area contributed by atoms with Gasteiger partial charge in [0.05, 0.1) is 11.1 Å². The lowest BCUT2D eigenvalue weighted by Gasteiger charge is -2.19. The zero-order chi connectivity index (χ0) is 19.0. The Balaban J connectivity index is 1.61. The van der Waals surface area contributed by atoms with E-state index in [1.807, 2.05) is 52.7 Å². The largest absolute Gasteiger partial charge is 0.310 e. The number of nitrogens with zero attached hydrogens (tertiary/aromatic N) is 3. The van der Waals surface area contributed by atoms with Gasteiger partial charge in [-0.1, -0.05) is 35.9 Å². The van der Waals surface area contributed by atoms with Gasteiger partial charge >= 0.3 is 0 Å². The van der Waals surface area contributed by atoms with Crippen LogP contribution < -0.4 is 4.90 Å². The van der Waals surface area contributed by atoms with Crippen LogP contribution in [0.15, 0.2) is 48.5 Å². The molecule has 1 heterocycles. The Labute approximate surface area is 167 Å². The average Bonchev–Trinajstić information content (AvgIpc) is 3.47. The summed E-state index contributed by atoms with van der Waals surface area (Å²) in [6.07, 6.45) is 2.40. The SMILES string of the molecule is Cn1c(-c2ccccc2Cl)nn(C[NH+](Cc2ccc(F)cc2)C2CC2)c1=S. The van der Waals surface area contributed by atoms with E-state index in [0.29, 0.717) is 22.5 Å². The fourth-order valence-electron chi connectivity index (χ4n) is 3.35. The van der Waals surface area contributed by atoms with Gasteiger partial charge in [-0.05, 0) is 36.5 Å². The fraction of sp³-hybridized carbons (Fsp3) is 0.300. The molecule has 1 fully saturated rings. The molecule has 1 atom stereocenters. The molecular formula is C20H21ClFN4S+. The second kappa shape index (κ2) is 7.54. The van der Waals surface area contributed by atoms with Gasteiger partial charge in [0.2, 0.25) is 4.77 Å².